The number of hydrogen-bond acceptors (Lipinski definition) is 8. The van der Waals surface area contributed by atoms with Crippen molar-refractivity contribution in [2.45, 2.75) is 25.6 Å². The molecule has 1 saturated heterocycles. The predicted octanol–water partition coefficient (Wildman–Crippen LogP) is 4.20. The van der Waals surface area contributed by atoms with Gasteiger partial charge < -0.3 is 20.6 Å². The summed E-state index contributed by atoms with van der Waals surface area (Å²) in [5.41, 5.74) is -0.551. The molecule has 0 unspecified atom stereocenters. The highest BCUT2D eigenvalue weighted by atomic mass is 35.5. The van der Waals surface area contributed by atoms with Crippen LogP contribution in [0.5, 0.6) is 0 Å². The maximum Gasteiger partial charge on any atom is 0.417 e. The molecule has 9 nitrogen and oxygen atoms in total. The lowest BCUT2D eigenvalue weighted by Crippen LogP contribution is -2.44. The highest BCUT2D eigenvalue weighted by Crippen LogP contribution is 2.40. The van der Waals surface area contributed by atoms with E-state index in [0.29, 0.717) is 11.8 Å². The Labute approximate surface area is 208 Å². The van der Waals surface area contributed by atoms with E-state index in [1.807, 2.05) is 0 Å². The SMILES string of the molecule is CC1(C)C(=O)N(c2ccc(C#N)c(C(F)(F)F)c2)C(=S)N1c1ccc(Cl)c(NN([O-])OCCO)c1. The lowest BCUT2D eigenvalue weighted by Gasteiger charge is -2.31. The number of aliphatic hydroxyl groups excluding tert-OH is 1. The van der Waals surface area contributed by atoms with Gasteiger partial charge in [-0.15, -0.1) is 0 Å². The molecule has 2 N–H and O–H groups in total. The largest absolute Gasteiger partial charge is 0.743 e. The third kappa shape index (κ3) is 5.18. The quantitative estimate of drug-likeness (QED) is 0.403. The number of aliphatic hydroxyl groups is 1. The minimum atomic E-state index is -4.82. The van der Waals surface area contributed by atoms with Crippen LogP contribution in [0.4, 0.5) is 30.2 Å². The Hall–Kier alpha value is -2.99. The number of halogens is 4. The summed E-state index contributed by atoms with van der Waals surface area (Å²) in [4.78, 5) is 20.3. The number of rotatable bonds is 7. The zero-order valence-corrected chi connectivity index (χ0v) is 19.8. The smallest absolute Gasteiger partial charge is 0.417 e. The van der Waals surface area contributed by atoms with E-state index in [0.717, 1.165) is 11.0 Å². The first-order valence-corrected chi connectivity index (χ1v) is 10.7. The summed E-state index contributed by atoms with van der Waals surface area (Å²) in [6.07, 6.45) is -4.82. The Morgan fingerprint density at radius 1 is 1.29 bits per heavy atom. The second kappa shape index (κ2) is 9.94. The van der Waals surface area contributed by atoms with Crippen molar-refractivity contribution < 1.29 is 27.9 Å². The molecule has 0 radical (unpaired) electrons. The van der Waals surface area contributed by atoms with Gasteiger partial charge in [-0.2, -0.15) is 23.8 Å². The van der Waals surface area contributed by atoms with Gasteiger partial charge in [0.05, 0.1) is 46.8 Å². The topological polar surface area (TPSA) is 115 Å². The molecule has 0 atom stereocenters. The predicted molar refractivity (Wildman–Crippen MR) is 126 cm³/mol. The standard InChI is InChI=1S/C21H18ClF3N5O4S/c1-20(2)18(32)28(13-4-3-12(11-26)15(9-13)21(23,24)25)19(35)29(20)14-5-6-16(22)17(10-14)27-30(33)34-8-7-31/h3-6,9-10,27,31H,7-8H2,1-2H3/q-1. The molecule has 0 bridgehead atoms. The Morgan fingerprint density at radius 2 is 1.94 bits per heavy atom. The van der Waals surface area contributed by atoms with Gasteiger partial charge in [-0.05, 0) is 62.5 Å². The number of alkyl halides is 3. The number of thiocarbonyl (C=S) groups is 1. The molecular weight excluding hydrogens is 511 g/mol. The first kappa shape index (κ1) is 26.6. The normalized spacial score (nSPS) is 15.7. The summed E-state index contributed by atoms with van der Waals surface area (Å²) in [7, 11) is 0. The maximum atomic E-state index is 13.5. The van der Waals surface area contributed by atoms with Gasteiger partial charge >= 0.3 is 6.18 Å². The van der Waals surface area contributed by atoms with Gasteiger partial charge in [-0.1, -0.05) is 11.6 Å². The fourth-order valence-corrected chi connectivity index (χ4v) is 4.13. The molecule has 1 fully saturated rings. The summed E-state index contributed by atoms with van der Waals surface area (Å²) in [6, 6.07) is 8.72. The molecule has 35 heavy (non-hydrogen) atoms. The van der Waals surface area contributed by atoms with Crippen molar-refractivity contribution >= 4 is 51.9 Å². The second-order valence-corrected chi connectivity index (χ2v) is 8.52. The van der Waals surface area contributed by atoms with E-state index in [2.05, 4.69) is 10.3 Å². The Kier molecular flexibility index (Phi) is 7.56. The molecule has 2 aromatic rings. The van der Waals surface area contributed by atoms with Crippen LogP contribution in [-0.2, 0) is 15.8 Å². The molecule has 1 aliphatic heterocycles. The number of hydrazine groups is 1. The fourth-order valence-electron chi connectivity index (χ4n) is 3.45. The van der Waals surface area contributed by atoms with Gasteiger partial charge in [-0.25, -0.2) is 0 Å². The van der Waals surface area contributed by atoms with Gasteiger partial charge in [0, 0.05) is 5.69 Å². The summed E-state index contributed by atoms with van der Waals surface area (Å²) in [5.74, 6) is -0.610. The first-order valence-electron chi connectivity index (χ1n) is 9.90. The zero-order chi connectivity index (χ0) is 26.1. The van der Waals surface area contributed by atoms with Crippen molar-refractivity contribution in [2.24, 2.45) is 0 Å². The van der Waals surface area contributed by atoms with Gasteiger partial charge in [0.25, 0.3) is 5.91 Å². The molecular formula is C21H18ClF3N5O4S-. The molecule has 186 valence electrons. The van der Waals surface area contributed by atoms with Crippen LogP contribution in [0.1, 0.15) is 25.0 Å². The average Bonchev–Trinajstić information content (AvgIpc) is 2.96. The number of carbonyl (C=O) groups is 1. The average molecular weight is 529 g/mol. The van der Waals surface area contributed by atoms with Gasteiger partial charge in [0.1, 0.15) is 5.54 Å². The molecule has 0 aliphatic carbocycles. The number of nitriles is 1. The van der Waals surface area contributed by atoms with Gasteiger partial charge in [0.15, 0.2) is 5.11 Å². The molecule has 1 amide bonds. The molecule has 1 aliphatic rings. The first-order chi connectivity index (χ1) is 16.3. The van der Waals surface area contributed by atoms with E-state index in [1.165, 1.54) is 49.1 Å². The zero-order valence-electron chi connectivity index (χ0n) is 18.3. The molecule has 3 rings (SSSR count). The Morgan fingerprint density at radius 3 is 2.54 bits per heavy atom. The van der Waals surface area contributed by atoms with Crippen molar-refractivity contribution in [3.8, 4) is 6.07 Å². The second-order valence-electron chi connectivity index (χ2n) is 7.75. The maximum absolute atomic E-state index is 13.5. The minimum Gasteiger partial charge on any atom is -0.743 e. The van der Waals surface area contributed by atoms with Crippen LogP contribution in [0.2, 0.25) is 5.02 Å². The van der Waals surface area contributed by atoms with E-state index < -0.39 is 35.4 Å². The number of anilines is 3. The van der Waals surface area contributed by atoms with E-state index in [9.17, 15) is 23.2 Å². The van der Waals surface area contributed by atoms with Gasteiger partial charge in [0.2, 0.25) is 0 Å². The number of carbonyl (C=O) groups excluding carboxylic acids is 1. The Bertz CT molecular complexity index is 1200. The van der Waals surface area contributed by atoms with Crippen molar-refractivity contribution in [1.29, 1.82) is 5.26 Å². The number of nitrogens with zero attached hydrogens (tertiary/aromatic N) is 4. The van der Waals surface area contributed by atoms with Crippen molar-refractivity contribution in [3.63, 3.8) is 0 Å². The van der Waals surface area contributed by atoms with E-state index in [4.69, 9.17) is 34.2 Å². The van der Waals surface area contributed by atoms with E-state index in [1.54, 1.807) is 0 Å². The third-order valence-corrected chi connectivity index (χ3v) is 5.77. The lowest BCUT2D eigenvalue weighted by molar-refractivity contribution is -0.137. The van der Waals surface area contributed by atoms with Crippen LogP contribution in [-0.4, -0.2) is 40.2 Å². The van der Waals surface area contributed by atoms with Crippen molar-refractivity contribution in [3.05, 3.63) is 57.8 Å². The molecule has 0 aromatic heterocycles. The van der Waals surface area contributed by atoms with Crippen molar-refractivity contribution in [1.82, 2.24) is 5.34 Å². The summed E-state index contributed by atoms with van der Waals surface area (Å²) >= 11 is 11.6. The molecule has 0 spiro atoms. The number of hydrogen-bond donors (Lipinski definition) is 2. The minimum absolute atomic E-state index is 0.0124. The van der Waals surface area contributed by atoms with Crippen LogP contribution in [0.25, 0.3) is 0 Å². The van der Waals surface area contributed by atoms with E-state index in [-0.39, 0.29) is 33.5 Å². The van der Waals surface area contributed by atoms with Crippen LogP contribution in [0, 0.1) is 16.5 Å². The third-order valence-electron chi connectivity index (χ3n) is 5.07. The number of benzene rings is 2. The van der Waals surface area contributed by atoms with Crippen LogP contribution < -0.4 is 15.2 Å². The van der Waals surface area contributed by atoms with Crippen LogP contribution >= 0.6 is 23.8 Å². The highest BCUT2D eigenvalue weighted by molar-refractivity contribution is 7.81. The van der Waals surface area contributed by atoms with Gasteiger partial charge in [-0.3, -0.25) is 14.5 Å². The summed E-state index contributed by atoms with van der Waals surface area (Å²) in [6.45, 7) is 2.39. The molecule has 0 saturated carbocycles. The number of amides is 1. The van der Waals surface area contributed by atoms with E-state index >= 15 is 0 Å². The van der Waals surface area contributed by atoms with Crippen molar-refractivity contribution in [2.75, 3.05) is 28.4 Å². The molecule has 2 aromatic carbocycles. The Balaban J connectivity index is 2.02. The van der Waals surface area contributed by atoms with Crippen LogP contribution in [0.15, 0.2) is 36.4 Å². The van der Waals surface area contributed by atoms with Crippen LogP contribution in [0.3, 0.4) is 0 Å². The monoisotopic (exact) mass is 528 g/mol. The number of nitrogens with one attached hydrogen (secondary N) is 1. The summed E-state index contributed by atoms with van der Waals surface area (Å²) in [5, 5.41) is 29.6. The highest BCUT2D eigenvalue weighted by Gasteiger charge is 2.50. The molecule has 14 heteroatoms. The summed E-state index contributed by atoms with van der Waals surface area (Å²) < 4.78 is 40.5. The lowest BCUT2D eigenvalue weighted by atomic mass is 10.0. The molecule has 1 heterocycles. The fraction of sp³-hybridized carbons (Fsp3) is 0.286.